The number of nitriles is 1. The molecule has 1 aliphatic rings. The van der Waals surface area contributed by atoms with E-state index in [9.17, 15) is 8.42 Å². The van der Waals surface area contributed by atoms with Gasteiger partial charge < -0.3 is 0 Å². The first-order chi connectivity index (χ1) is 7.50. The molecule has 0 saturated heterocycles. The number of allylic oxidation sites excluding steroid dienone is 4. The number of nitrogens with zero attached hydrogens (tertiary/aromatic N) is 2. The zero-order valence-electron chi connectivity index (χ0n) is 9.55. The topological polar surface area (TPSA) is 61.2 Å². The van der Waals surface area contributed by atoms with Gasteiger partial charge in [-0.3, -0.25) is 0 Å². The van der Waals surface area contributed by atoms with Crippen molar-refractivity contribution < 1.29 is 8.42 Å². The van der Waals surface area contributed by atoms with Gasteiger partial charge in [0, 0.05) is 6.04 Å². The van der Waals surface area contributed by atoms with Gasteiger partial charge in [0.2, 0.25) is 10.0 Å². The van der Waals surface area contributed by atoms with Gasteiger partial charge in [-0.15, -0.1) is 0 Å². The lowest BCUT2D eigenvalue weighted by molar-refractivity contribution is 0.388. The lowest BCUT2D eigenvalue weighted by atomic mass is 10.2. The van der Waals surface area contributed by atoms with Crippen LogP contribution in [0.1, 0.15) is 26.7 Å². The van der Waals surface area contributed by atoms with Crippen molar-refractivity contribution in [1.29, 1.82) is 5.26 Å². The average Bonchev–Trinajstić information content (AvgIpc) is 2.26. The van der Waals surface area contributed by atoms with Crippen LogP contribution in [0.5, 0.6) is 0 Å². The third-order valence-corrected chi connectivity index (χ3v) is 4.59. The van der Waals surface area contributed by atoms with Crippen LogP contribution >= 0.6 is 0 Å². The molecule has 88 valence electrons. The summed E-state index contributed by atoms with van der Waals surface area (Å²) < 4.78 is 25.6. The van der Waals surface area contributed by atoms with Crippen molar-refractivity contribution in [3.63, 3.8) is 0 Å². The van der Waals surface area contributed by atoms with Crippen LogP contribution in [0.3, 0.4) is 0 Å². The molecule has 0 saturated carbocycles. The molecule has 0 bridgehead atoms. The number of hydrogen-bond acceptors (Lipinski definition) is 3. The molecule has 0 aliphatic heterocycles. The maximum atomic E-state index is 12.2. The molecule has 0 unspecified atom stereocenters. The predicted molar refractivity (Wildman–Crippen MR) is 62.8 cm³/mol. The molecule has 0 heterocycles. The maximum Gasteiger partial charge on any atom is 0.240 e. The Hall–Kier alpha value is -1.12. The van der Waals surface area contributed by atoms with E-state index in [1.54, 1.807) is 26.0 Å². The van der Waals surface area contributed by atoms with E-state index < -0.39 is 10.0 Å². The van der Waals surface area contributed by atoms with Gasteiger partial charge in [0.25, 0.3) is 0 Å². The molecule has 0 amide bonds. The van der Waals surface area contributed by atoms with E-state index in [1.165, 1.54) is 4.31 Å². The van der Waals surface area contributed by atoms with E-state index in [0.29, 0.717) is 11.3 Å². The van der Waals surface area contributed by atoms with Crippen molar-refractivity contribution >= 4 is 10.0 Å². The van der Waals surface area contributed by atoms with E-state index in [2.05, 4.69) is 0 Å². The van der Waals surface area contributed by atoms with Crippen molar-refractivity contribution in [2.24, 2.45) is 0 Å². The molecule has 4 nitrogen and oxygen atoms in total. The molecule has 0 atom stereocenters. The van der Waals surface area contributed by atoms with Gasteiger partial charge in [-0.1, -0.05) is 12.2 Å². The SMILES string of the molecule is CC(C)N(CC#N)S(=O)(=O)C1=CC=CCC1. The molecule has 0 aromatic rings. The Labute approximate surface area is 96.9 Å². The largest absolute Gasteiger partial charge is 0.240 e. The Kier molecular flexibility index (Phi) is 4.27. The Morgan fingerprint density at radius 1 is 1.56 bits per heavy atom. The van der Waals surface area contributed by atoms with Gasteiger partial charge in [0.1, 0.15) is 6.54 Å². The van der Waals surface area contributed by atoms with Gasteiger partial charge in [-0.05, 0) is 32.8 Å². The summed E-state index contributed by atoms with van der Waals surface area (Å²) in [7, 11) is -3.46. The highest BCUT2D eigenvalue weighted by molar-refractivity contribution is 7.93. The highest BCUT2D eigenvalue weighted by Crippen LogP contribution is 2.23. The van der Waals surface area contributed by atoms with Crippen LogP contribution in [-0.2, 0) is 10.0 Å². The minimum atomic E-state index is -3.46. The normalized spacial score (nSPS) is 16.3. The first-order valence-electron chi connectivity index (χ1n) is 5.24. The van der Waals surface area contributed by atoms with Crippen LogP contribution in [0.4, 0.5) is 0 Å². The zero-order chi connectivity index (χ0) is 12.2. The minimum absolute atomic E-state index is 0.0962. The van der Waals surface area contributed by atoms with E-state index >= 15 is 0 Å². The van der Waals surface area contributed by atoms with Gasteiger partial charge in [0.05, 0.1) is 11.0 Å². The van der Waals surface area contributed by atoms with Crippen LogP contribution in [-0.4, -0.2) is 25.3 Å². The molecule has 0 fully saturated rings. The van der Waals surface area contributed by atoms with Crippen molar-refractivity contribution in [3.8, 4) is 6.07 Å². The molecule has 1 aliphatic carbocycles. The molecule has 0 N–H and O–H groups in total. The van der Waals surface area contributed by atoms with Crippen molar-refractivity contribution in [2.45, 2.75) is 32.7 Å². The molecule has 0 aromatic carbocycles. The molecule has 1 rings (SSSR count). The zero-order valence-corrected chi connectivity index (χ0v) is 10.4. The van der Waals surface area contributed by atoms with Gasteiger partial charge in [-0.25, -0.2) is 8.42 Å². The Morgan fingerprint density at radius 3 is 2.69 bits per heavy atom. The third-order valence-electron chi connectivity index (χ3n) is 2.42. The summed E-state index contributed by atoms with van der Waals surface area (Å²) in [6.45, 7) is 3.45. The summed E-state index contributed by atoms with van der Waals surface area (Å²) in [6.07, 6.45) is 6.56. The fourth-order valence-electron chi connectivity index (χ4n) is 1.56. The summed E-state index contributed by atoms with van der Waals surface area (Å²) in [4.78, 5) is 0.402. The second kappa shape index (κ2) is 5.28. The van der Waals surface area contributed by atoms with Crippen LogP contribution in [0.25, 0.3) is 0 Å². The van der Waals surface area contributed by atoms with Crippen molar-refractivity contribution in [3.05, 3.63) is 23.1 Å². The Bertz CT molecular complexity index is 441. The fraction of sp³-hybridized carbons (Fsp3) is 0.545. The fourth-order valence-corrected chi connectivity index (χ4v) is 3.27. The lowest BCUT2D eigenvalue weighted by Gasteiger charge is -2.25. The van der Waals surface area contributed by atoms with Gasteiger partial charge in [0.15, 0.2) is 0 Å². The first-order valence-corrected chi connectivity index (χ1v) is 6.68. The van der Waals surface area contributed by atoms with Crippen LogP contribution in [0.2, 0.25) is 0 Å². The highest BCUT2D eigenvalue weighted by atomic mass is 32.2. The predicted octanol–water partition coefficient (Wildman–Crippen LogP) is 1.78. The summed E-state index contributed by atoms with van der Waals surface area (Å²) in [5.41, 5.74) is 0. The summed E-state index contributed by atoms with van der Waals surface area (Å²) in [5.74, 6) is 0. The average molecular weight is 240 g/mol. The number of rotatable bonds is 4. The summed E-state index contributed by atoms with van der Waals surface area (Å²) in [6, 6.07) is 1.70. The van der Waals surface area contributed by atoms with E-state index in [-0.39, 0.29) is 12.6 Å². The molecule has 0 aromatic heterocycles. The third kappa shape index (κ3) is 2.71. The first kappa shape index (κ1) is 12.9. The maximum absolute atomic E-state index is 12.2. The van der Waals surface area contributed by atoms with Crippen molar-refractivity contribution in [1.82, 2.24) is 4.31 Å². The van der Waals surface area contributed by atoms with E-state index in [0.717, 1.165) is 6.42 Å². The highest BCUT2D eigenvalue weighted by Gasteiger charge is 2.28. The smallest absolute Gasteiger partial charge is 0.207 e. The van der Waals surface area contributed by atoms with Crippen LogP contribution in [0.15, 0.2) is 23.1 Å². The standard InChI is InChI=1S/C11H16N2O2S/c1-10(2)13(9-8-12)16(14,15)11-6-4-3-5-7-11/h3-4,6,10H,5,7,9H2,1-2H3. The molecular formula is C11H16N2O2S. The number of hydrogen-bond donors (Lipinski definition) is 0. The monoisotopic (exact) mass is 240 g/mol. The van der Waals surface area contributed by atoms with Crippen LogP contribution in [0, 0.1) is 11.3 Å². The molecule has 0 spiro atoms. The molecule has 5 heteroatoms. The minimum Gasteiger partial charge on any atom is -0.207 e. The molecular weight excluding hydrogens is 224 g/mol. The van der Waals surface area contributed by atoms with Gasteiger partial charge in [-0.2, -0.15) is 9.57 Å². The quantitative estimate of drug-likeness (QED) is 0.704. The lowest BCUT2D eigenvalue weighted by Crippen LogP contribution is -2.38. The van der Waals surface area contributed by atoms with Crippen LogP contribution < -0.4 is 0 Å². The second-order valence-electron chi connectivity index (χ2n) is 3.90. The summed E-state index contributed by atoms with van der Waals surface area (Å²) >= 11 is 0. The molecule has 16 heavy (non-hydrogen) atoms. The molecule has 0 radical (unpaired) electrons. The Morgan fingerprint density at radius 2 is 2.25 bits per heavy atom. The van der Waals surface area contributed by atoms with E-state index in [4.69, 9.17) is 5.26 Å². The second-order valence-corrected chi connectivity index (χ2v) is 5.85. The Balaban J connectivity index is 3.03. The van der Waals surface area contributed by atoms with Crippen molar-refractivity contribution in [2.75, 3.05) is 6.54 Å². The number of sulfonamides is 1. The summed E-state index contributed by atoms with van der Waals surface area (Å²) in [5, 5.41) is 8.66. The van der Waals surface area contributed by atoms with E-state index in [1.807, 2.05) is 12.1 Å². The van der Waals surface area contributed by atoms with Gasteiger partial charge >= 0.3 is 0 Å².